The van der Waals surface area contributed by atoms with Crippen molar-refractivity contribution in [3.63, 3.8) is 0 Å². The largest absolute Gasteiger partial charge is 0.378 e. The van der Waals surface area contributed by atoms with Gasteiger partial charge in [-0.05, 0) is 38.5 Å². The number of nitrogens with zero attached hydrogens (tertiary/aromatic N) is 1. The summed E-state index contributed by atoms with van der Waals surface area (Å²) >= 11 is 3.56. The van der Waals surface area contributed by atoms with Crippen molar-refractivity contribution in [2.24, 2.45) is 0 Å². The van der Waals surface area contributed by atoms with Crippen LogP contribution in [-0.4, -0.2) is 41.4 Å². The molecule has 0 radical (unpaired) electrons. The highest BCUT2D eigenvalue weighted by atomic mass is 79.9. The summed E-state index contributed by atoms with van der Waals surface area (Å²) in [7, 11) is 0. The van der Waals surface area contributed by atoms with E-state index in [-0.39, 0.29) is 0 Å². The van der Waals surface area contributed by atoms with E-state index in [2.05, 4.69) is 20.8 Å². The molecule has 2 atom stereocenters. The molecule has 2 saturated heterocycles. The van der Waals surface area contributed by atoms with Crippen LogP contribution in [0.5, 0.6) is 0 Å². The van der Waals surface area contributed by atoms with Gasteiger partial charge in [0.1, 0.15) is 0 Å². The first-order chi connectivity index (χ1) is 9.31. The number of carbonyl (C=O) groups is 1. The highest BCUT2D eigenvalue weighted by molar-refractivity contribution is 9.09. The maximum atomic E-state index is 12.4. The third-order valence-corrected chi connectivity index (χ3v) is 5.08. The van der Waals surface area contributed by atoms with Crippen molar-refractivity contribution in [1.82, 2.24) is 4.90 Å². The summed E-state index contributed by atoms with van der Waals surface area (Å²) in [6.07, 6.45) is 10.3. The summed E-state index contributed by atoms with van der Waals surface area (Å²) in [5.74, 6) is 0.334. The van der Waals surface area contributed by atoms with Gasteiger partial charge in [0.2, 0.25) is 5.91 Å². The van der Waals surface area contributed by atoms with Crippen molar-refractivity contribution >= 4 is 21.8 Å². The lowest BCUT2D eigenvalue weighted by Gasteiger charge is -2.30. The lowest BCUT2D eigenvalue weighted by molar-refractivity contribution is -0.134. The number of amides is 1. The molecule has 2 unspecified atom stereocenters. The lowest BCUT2D eigenvalue weighted by Crippen LogP contribution is -2.41. The third kappa shape index (κ3) is 4.75. The molecular formula is C15H26BrNO2. The second-order valence-electron chi connectivity index (χ2n) is 5.77. The van der Waals surface area contributed by atoms with Crippen molar-refractivity contribution in [3.8, 4) is 0 Å². The maximum absolute atomic E-state index is 12.4. The van der Waals surface area contributed by atoms with Crippen LogP contribution in [-0.2, 0) is 9.53 Å². The standard InChI is InChI=1S/C15H26BrNO2/c16-12-13-6-2-1-4-10-17(13)15(18)9-8-14-7-3-5-11-19-14/h13-14H,1-12H2. The van der Waals surface area contributed by atoms with E-state index in [1.54, 1.807) is 0 Å². The number of alkyl halides is 1. The number of likely N-dealkylation sites (tertiary alicyclic amines) is 1. The van der Waals surface area contributed by atoms with Crippen LogP contribution in [0.1, 0.15) is 57.8 Å². The summed E-state index contributed by atoms with van der Waals surface area (Å²) in [6.45, 7) is 1.83. The summed E-state index contributed by atoms with van der Waals surface area (Å²) in [4.78, 5) is 14.5. The monoisotopic (exact) mass is 331 g/mol. The van der Waals surface area contributed by atoms with Gasteiger partial charge in [-0.3, -0.25) is 4.79 Å². The molecule has 1 amide bonds. The smallest absolute Gasteiger partial charge is 0.222 e. The lowest BCUT2D eigenvalue weighted by atomic mass is 10.0. The molecule has 4 heteroatoms. The molecule has 2 aliphatic heterocycles. The number of ether oxygens (including phenoxy) is 1. The number of halogens is 1. The Bertz CT molecular complexity index is 279. The molecule has 0 N–H and O–H groups in total. The summed E-state index contributed by atoms with van der Waals surface area (Å²) in [5.41, 5.74) is 0. The van der Waals surface area contributed by atoms with Gasteiger partial charge in [0.05, 0.1) is 6.10 Å². The predicted octanol–water partition coefficient (Wildman–Crippen LogP) is 3.50. The first kappa shape index (κ1) is 15.3. The Morgan fingerprint density at radius 1 is 1.16 bits per heavy atom. The SMILES string of the molecule is O=C(CCC1CCCCO1)N1CCCCCC1CBr. The average Bonchev–Trinajstić information content (AvgIpc) is 2.71. The van der Waals surface area contributed by atoms with E-state index in [4.69, 9.17) is 4.74 Å². The molecule has 0 bridgehead atoms. The van der Waals surface area contributed by atoms with Gasteiger partial charge in [-0.1, -0.05) is 28.8 Å². The van der Waals surface area contributed by atoms with Gasteiger partial charge in [-0.15, -0.1) is 0 Å². The minimum atomic E-state index is 0.326. The highest BCUT2D eigenvalue weighted by Gasteiger charge is 2.25. The number of hydrogen-bond donors (Lipinski definition) is 0. The van der Waals surface area contributed by atoms with Gasteiger partial charge >= 0.3 is 0 Å². The summed E-state index contributed by atoms with van der Waals surface area (Å²) in [6, 6.07) is 0.405. The molecule has 2 rings (SSSR count). The minimum Gasteiger partial charge on any atom is -0.378 e. The van der Waals surface area contributed by atoms with E-state index in [9.17, 15) is 4.79 Å². The first-order valence-electron chi connectivity index (χ1n) is 7.78. The van der Waals surface area contributed by atoms with Crippen LogP contribution in [0.3, 0.4) is 0 Å². The molecule has 3 nitrogen and oxygen atoms in total. The molecule has 110 valence electrons. The van der Waals surface area contributed by atoms with Gasteiger partial charge in [-0.25, -0.2) is 0 Å². The topological polar surface area (TPSA) is 29.5 Å². The van der Waals surface area contributed by atoms with E-state index in [0.717, 1.165) is 44.2 Å². The second kappa shape index (κ2) is 8.25. The molecule has 0 aromatic heterocycles. The van der Waals surface area contributed by atoms with Crippen LogP contribution in [0.4, 0.5) is 0 Å². The first-order valence-corrected chi connectivity index (χ1v) is 8.90. The molecule has 2 aliphatic rings. The van der Waals surface area contributed by atoms with Gasteiger partial charge in [-0.2, -0.15) is 0 Å². The molecule has 0 aromatic rings. The van der Waals surface area contributed by atoms with E-state index >= 15 is 0 Å². The maximum Gasteiger partial charge on any atom is 0.222 e. The Kier molecular flexibility index (Phi) is 6.65. The van der Waals surface area contributed by atoms with Crippen LogP contribution < -0.4 is 0 Å². The summed E-state index contributed by atoms with van der Waals surface area (Å²) < 4.78 is 5.71. The predicted molar refractivity (Wildman–Crippen MR) is 80.6 cm³/mol. The molecule has 0 saturated carbocycles. The highest BCUT2D eigenvalue weighted by Crippen LogP contribution is 2.22. The van der Waals surface area contributed by atoms with Crippen molar-refractivity contribution in [2.75, 3.05) is 18.5 Å². The van der Waals surface area contributed by atoms with Crippen LogP contribution >= 0.6 is 15.9 Å². The fourth-order valence-electron chi connectivity index (χ4n) is 3.13. The molecule has 19 heavy (non-hydrogen) atoms. The molecule has 2 fully saturated rings. The van der Waals surface area contributed by atoms with Gasteiger partial charge < -0.3 is 9.64 Å². The van der Waals surface area contributed by atoms with Crippen molar-refractivity contribution in [3.05, 3.63) is 0 Å². The van der Waals surface area contributed by atoms with Crippen LogP contribution in [0.2, 0.25) is 0 Å². The normalized spacial score (nSPS) is 29.0. The van der Waals surface area contributed by atoms with Gasteiger partial charge in [0.15, 0.2) is 0 Å². The van der Waals surface area contributed by atoms with Crippen LogP contribution in [0, 0.1) is 0 Å². The minimum absolute atomic E-state index is 0.326. The fraction of sp³-hybridized carbons (Fsp3) is 0.933. The van der Waals surface area contributed by atoms with Crippen LogP contribution in [0.15, 0.2) is 0 Å². The number of hydrogen-bond acceptors (Lipinski definition) is 2. The summed E-state index contributed by atoms with van der Waals surface area (Å²) in [5, 5.41) is 0.915. The second-order valence-corrected chi connectivity index (χ2v) is 6.42. The molecule has 2 heterocycles. The Balaban J connectivity index is 1.79. The molecular weight excluding hydrogens is 306 g/mol. The van der Waals surface area contributed by atoms with Gasteiger partial charge in [0, 0.05) is 30.9 Å². The quantitative estimate of drug-likeness (QED) is 0.738. The number of rotatable bonds is 4. The van der Waals surface area contributed by atoms with Gasteiger partial charge in [0.25, 0.3) is 0 Å². The Morgan fingerprint density at radius 2 is 2.00 bits per heavy atom. The van der Waals surface area contributed by atoms with Crippen molar-refractivity contribution < 1.29 is 9.53 Å². The van der Waals surface area contributed by atoms with E-state index < -0.39 is 0 Å². The Morgan fingerprint density at radius 3 is 2.74 bits per heavy atom. The Labute approximate surface area is 125 Å². The zero-order valence-corrected chi connectivity index (χ0v) is 13.4. The molecule has 0 spiro atoms. The van der Waals surface area contributed by atoms with Crippen molar-refractivity contribution in [1.29, 1.82) is 0 Å². The van der Waals surface area contributed by atoms with E-state index in [0.29, 0.717) is 24.5 Å². The third-order valence-electron chi connectivity index (χ3n) is 4.33. The van der Waals surface area contributed by atoms with Crippen LogP contribution in [0.25, 0.3) is 0 Å². The zero-order valence-electron chi connectivity index (χ0n) is 11.8. The molecule has 0 aromatic carbocycles. The Hall–Kier alpha value is -0.0900. The molecule has 0 aliphatic carbocycles. The van der Waals surface area contributed by atoms with E-state index in [1.807, 2.05) is 0 Å². The number of carbonyl (C=O) groups excluding carboxylic acids is 1. The van der Waals surface area contributed by atoms with E-state index in [1.165, 1.54) is 25.7 Å². The average molecular weight is 332 g/mol. The fourth-order valence-corrected chi connectivity index (χ4v) is 3.80. The van der Waals surface area contributed by atoms with Crippen molar-refractivity contribution in [2.45, 2.75) is 69.9 Å². The zero-order chi connectivity index (χ0) is 13.5.